The van der Waals surface area contributed by atoms with Gasteiger partial charge in [-0.2, -0.15) is 0 Å². The Morgan fingerprint density at radius 3 is 2.58 bits per heavy atom. The maximum atomic E-state index is 14.1. The molecule has 1 unspecified atom stereocenters. The number of carbonyl (C=O) groups excluding carboxylic acids is 1. The zero-order valence-electron chi connectivity index (χ0n) is 19.4. The Balaban J connectivity index is 1.65. The van der Waals surface area contributed by atoms with Gasteiger partial charge in [0, 0.05) is 23.6 Å². The van der Waals surface area contributed by atoms with E-state index in [-0.39, 0.29) is 11.3 Å². The Kier molecular flexibility index (Phi) is 7.59. The number of ether oxygens (including phenoxy) is 1. The average Bonchev–Trinajstić information content (AvgIpc) is 3.32. The summed E-state index contributed by atoms with van der Waals surface area (Å²) >= 11 is 1.41. The molecule has 0 aliphatic heterocycles. The van der Waals surface area contributed by atoms with Crippen LogP contribution >= 0.6 is 11.8 Å². The van der Waals surface area contributed by atoms with Crippen LogP contribution in [0, 0.1) is 15.9 Å². The van der Waals surface area contributed by atoms with E-state index in [1.54, 1.807) is 36.8 Å². The minimum atomic E-state index is -0.647. The van der Waals surface area contributed by atoms with Crippen molar-refractivity contribution >= 4 is 23.4 Å². The number of hydrogen-bond donors (Lipinski definition) is 1. The largest absolute Gasteiger partial charge is 0.497 e. The first kappa shape index (κ1) is 24.9. The van der Waals surface area contributed by atoms with Crippen molar-refractivity contribution in [2.24, 2.45) is 0 Å². The van der Waals surface area contributed by atoms with Crippen LogP contribution in [0.25, 0.3) is 5.69 Å². The molecule has 0 radical (unpaired) electrons. The molecule has 0 fully saturated rings. The van der Waals surface area contributed by atoms with Crippen LogP contribution in [0.4, 0.5) is 10.1 Å². The second kappa shape index (κ2) is 11.0. The van der Waals surface area contributed by atoms with Crippen LogP contribution in [0.1, 0.15) is 34.7 Å². The lowest BCUT2D eigenvalue weighted by atomic mass is 10.2. The van der Waals surface area contributed by atoms with E-state index in [2.05, 4.69) is 15.5 Å². The zero-order valence-corrected chi connectivity index (χ0v) is 20.2. The van der Waals surface area contributed by atoms with Crippen LogP contribution < -0.4 is 10.1 Å². The summed E-state index contributed by atoms with van der Waals surface area (Å²) in [5, 5.41) is 23.0. The Labute approximate surface area is 210 Å². The maximum absolute atomic E-state index is 14.1. The van der Waals surface area contributed by atoms with Crippen LogP contribution in [0.2, 0.25) is 0 Å². The Bertz CT molecular complexity index is 1390. The lowest BCUT2D eigenvalue weighted by Crippen LogP contribution is -2.29. The summed E-state index contributed by atoms with van der Waals surface area (Å²) in [7, 11) is 1.60. The molecule has 1 N–H and O–H groups in total. The Morgan fingerprint density at radius 2 is 1.89 bits per heavy atom. The van der Waals surface area contributed by atoms with Gasteiger partial charge in [-0.3, -0.25) is 19.5 Å². The van der Waals surface area contributed by atoms with Gasteiger partial charge in [0.15, 0.2) is 11.0 Å². The molecule has 0 spiro atoms. The molecule has 9 nitrogen and oxygen atoms in total. The molecule has 1 heterocycles. The van der Waals surface area contributed by atoms with E-state index in [0.717, 1.165) is 11.3 Å². The van der Waals surface area contributed by atoms with Gasteiger partial charge in [-0.15, -0.1) is 10.2 Å². The van der Waals surface area contributed by atoms with Crippen molar-refractivity contribution in [2.75, 3.05) is 7.11 Å². The molecule has 184 valence electrons. The summed E-state index contributed by atoms with van der Waals surface area (Å²) in [6.45, 7) is 1.71. The minimum Gasteiger partial charge on any atom is -0.497 e. The molecular weight excluding hydrogens is 485 g/mol. The second-order valence-electron chi connectivity index (χ2n) is 7.76. The number of methoxy groups -OCH3 is 1. The number of amides is 1. The first-order chi connectivity index (χ1) is 17.4. The quantitative estimate of drug-likeness (QED) is 0.190. The molecule has 0 bridgehead atoms. The highest BCUT2D eigenvalue weighted by atomic mass is 32.2. The highest BCUT2D eigenvalue weighted by Gasteiger charge is 2.23. The highest BCUT2D eigenvalue weighted by Crippen LogP contribution is 2.29. The molecular formula is C25H22FN5O4S. The molecule has 11 heteroatoms. The van der Waals surface area contributed by atoms with Gasteiger partial charge in [-0.1, -0.05) is 36.0 Å². The average molecular weight is 508 g/mol. The third-order valence-corrected chi connectivity index (χ3v) is 6.33. The lowest BCUT2D eigenvalue weighted by molar-refractivity contribution is -0.384. The van der Waals surface area contributed by atoms with Gasteiger partial charge in [-0.25, -0.2) is 4.39 Å². The van der Waals surface area contributed by atoms with Gasteiger partial charge in [-0.05, 0) is 48.9 Å². The van der Waals surface area contributed by atoms with E-state index in [1.807, 2.05) is 24.3 Å². The predicted molar refractivity (Wildman–Crippen MR) is 133 cm³/mol. The number of non-ortho nitro benzene ring substituents is 1. The molecule has 1 amide bonds. The monoisotopic (exact) mass is 507 g/mol. The first-order valence-corrected chi connectivity index (χ1v) is 11.9. The van der Waals surface area contributed by atoms with E-state index in [9.17, 15) is 19.3 Å². The number of rotatable bonds is 9. The number of hydrogen-bond acceptors (Lipinski definition) is 7. The fraction of sp³-hybridized carbons (Fsp3) is 0.160. The van der Waals surface area contributed by atoms with Gasteiger partial charge in [0.2, 0.25) is 0 Å². The van der Waals surface area contributed by atoms with Crippen molar-refractivity contribution < 1.29 is 18.8 Å². The standard InChI is InChI=1S/C25H22FN5O4S/c1-16(27-24(32)21-8-3-4-9-22(21)26)23-28-29-25(36-15-17-6-5-7-20(14-17)35-2)30(23)18-10-12-19(13-11-18)31(33)34/h3-14,16H,15H2,1-2H3,(H,27,32). The smallest absolute Gasteiger partial charge is 0.269 e. The Morgan fingerprint density at radius 1 is 1.14 bits per heavy atom. The molecule has 3 aromatic carbocycles. The number of carbonyl (C=O) groups is 1. The SMILES string of the molecule is COc1cccc(CSc2nnc(C(C)NC(=O)c3ccccc3F)n2-c2ccc([N+](=O)[O-])cc2)c1. The molecule has 4 rings (SSSR count). The molecule has 4 aromatic rings. The van der Waals surface area contributed by atoms with Crippen molar-refractivity contribution in [1.29, 1.82) is 0 Å². The fourth-order valence-electron chi connectivity index (χ4n) is 3.52. The van der Waals surface area contributed by atoms with Gasteiger partial charge in [0.05, 0.1) is 23.6 Å². The number of benzene rings is 3. The van der Waals surface area contributed by atoms with E-state index < -0.39 is 22.7 Å². The summed E-state index contributed by atoms with van der Waals surface area (Å²) in [5.41, 5.74) is 1.44. The maximum Gasteiger partial charge on any atom is 0.269 e. The van der Waals surface area contributed by atoms with Crippen LogP contribution in [-0.4, -0.2) is 32.7 Å². The number of halogens is 1. The molecule has 1 aromatic heterocycles. The number of nitrogens with zero attached hydrogens (tertiary/aromatic N) is 4. The molecule has 0 aliphatic carbocycles. The minimum absolute atomic E-state index is 0.0557. The molecule has 1 atom stereocenters. The third kappa shape index (κ3) is 5.52. The summed E-state index contributed by atoms with van der Waals surface area (Å²) < 4.78 is 21.1. The number of nitrogens with one attached hydrogen (secondary N) is 1. The lowest BCUT2D eigenvalue weighted by Gasteiger charge is -2.16. The second-order valence-corrected chi connectivity index (χ2v) is 8.71. The zero-order chi connectivity index (χ0) is 25.7. The van der Waals surface area contributed by atoms with E-state index >= 15 is 0 Å². The predicted octanol–water partition coefficient (Wildman–Crippen LogP) is 5.11. The van der Waals surface area contributed by atoms with E-state index in [0.29, 0.717) is 22.4 Å². The number of aromatic nitrogens is 3. The molecule has 36 heavy (non-hydrogen) atoms. The van der Waals surface area contributed by atoms with Gasteiger partial charge in [0.25, 0.3) is 11.6 Å². The number of nitro groups is 1. The third-order valence-electron chi connectivity index (χ3n) is 5.33. The summed E-state index contributed by atoms with van der Waals surface area (Å²) in [6, 6.07) is 18.6. The summed E-state index contributed by atoms with van der Waals surface area (Å²) in [5.74, 6) is 0.452. The van der Waals surface area contributed by atoms with Crippen LogP contribution in [0.3, 0.4) is 0 Å². The van der Waals surface area contributed by atoms with Crippen LogP contribution in [0.15, 0.2) is 78.0 Å². The van der Waals surface area contributed by atoms with Gasteiger partial charge >= 0.3 is 0 Å². The summed E-state index contributed by atoms with van der Waals surface area (Å²) in [4.78, 5) is 23.3. The van der Waals surface area contributed by atoms with Gasteiger partial charge in [0.1, 0.15) is 11.6 Å². The van der Waals surface area contributed by atoms with Crippen molar-refractivity contribution in [1.82, 2.24) is 20.1 Å². The first-order valence-electron chi connectivity index (χ1n) is 10.9. The normalized spacial score (nSPS) is 11.6. The van der Waals surface area contributed by atoms with E-state index in [1.165, 1.54) is 42.1 Å². The van der Waals surface area contributed by atoms with Crippen molar-refractivity contribution in [3.05, 3.63) is 106 Å². The molecule has 0 aliphatic rings. The summed E-state index contributed by atoms with van der Waals surface area (Å²) in [6.07, 6.45) is 0. The number of thioether (sulfide) groups is 1. The van der Waals surface area contributed by atoms with Crippen molar-refractivity contribution in [3.63, 3.8) is 0 Å². The van der Waals surface area contributed by atoms with Crippen molar-refractivity contribution in [2.45, 2.75) is 23.9 Å². The van der Waals surface area contributed by atoms with Crippen LogP contribution in [0.5, 0.6) is 5.75 Å². The number of nitro benzene ring substituents is 1. The fourth-order valence-corrected chi connectivity index (χ4v) is 4.42. The Hall–Kier alpha value is -4.25. The molecule has 0 saturated carbocycles. The van der Waals surface area contributed by atoms with E-state index in [4.69, 9.17) is 4.74 Å². The van der Waals surface area contributed by atoms with Crippen molar-refractivity contribution in [3.8, 4) is 11.4 Å². The van der Waals surface area contributed by atoms with Gasteiger partial charge < -0.3 is 10.1 Å². The van der Waals surface area contributed by atoms with Crippen LogP contribution in [-0.2, 0) is 5.75 Å². The highest BCUT2D eigenvalue weighted by molar-refractivity contribution is 7.98. The topological polar surface area (TPSA) is 112 Å². The molecule has 0 saturated heterocycles.